The van der Waals surface area contributed by atoms with Gasteiger partial charge in [-0.2, -0.15) is 0 Å². The second kappa shape index (κ2) is 9.62. The lowest BCUT2D eigenvalue weighted by molar-refractivity contribution is 0.0698. The largest absolute Gasteiger partial charge is 0.507 e. The first-order valence-electron chi connectivity index (χ1n) is 10.4. The van der Waals surface area contributed by atoms with E-state index in [1.807, 2.05) is 24.3 Å². The lowest BCUT2D eigenvalue weighted by atomic mass is 10.0. The Kier molecular flexibility index (Phi) is 6.46. The van der Waals surface area contributed by atoms with Gasteiger partial charge in [0, 0.05) is 18.8 Å². The van der Waals surface area contributed by atoms with Gasteiger partial charge in [0.2, 0.25) is 0 Å². The molecule has 0 bridgehead atoms. The summed E-state index contributed by atoms with van der Waals surface area (Å²) in [6.45, 7) is 2.53. The number of aromatic hydroxyl groups is 1. The molecular weight excluding hydrogens is 424 g/mol. The van der Waals surface area contributed by atoms with Gasteiger partial charge in [0.25, 0.3) is 5.91 Å². The third kappa shape index (κ3) is 4.91. The monoisotopic (exact) mass is 448 g/mol. The fraction of sp³-hybridized carbons (Fsp3) is 0.200. The van der Waals surface area contributed by atoms with Crippen molar-refractivity contribution >= 4 is 23.3 Å². The highest BCUT2D eigenvalue weighted by atomic mass is 16.5. The third-order valence-electron chi connectivity index (χ3n) is 5.50. The van der Waals surface area contributed by atoms with E-state index in [1.54, 1.807) is 31.4 Å². The van der Waals surface area contributed by atoms with Crippen molar-refractivity contribution in [3.63, 3.8) is 0 Å². The first-order chi connectivity index (χ1) is 16.0. The van der Waals surface area contributed by atoms with Crippen molar-refractivity contribution in [3.05, 3.63) is 71.8 Å². The van der Waals surface area contributed by atoms with Crippen LogP contribution in [0.15, 0.2) is 60.7 Å². The number of ether oxygens (including phenoxy) is 2. The second-order valence-electron chi connectivity index (χ2n) is 7.55. The molecule has 1 amide bonds. The molecule has 1 heterocycles. The zero-order valence-electron chi connectivity index (χ0n) is 18.1. The van der Waals surface area contributed by atoms with Crippen LogP contribution in [0.1, 0.15) is 20.7 Å². The molecule has 3 aromatic carbocycles. The fourth-order valence-electron chi connectivity index (χ4n) is 3.73. The molecule has 1 fully saturated rings. The van der Waals surface area contributed by atoms with E-state index in [4.69, 9.17) is 9.47 Å². The molecule has 0 aliphatic carbocycles. The molecule has 0 spiro atoms. The molecule has 1 saturated heterocycles. The van der Waals surface area contributed by atoms with Crippen molar-refractivity contribution in [2.75, 3.05) is 43.6 Å². The highest BCUT2D eigenvalue weighted by Gasteiger charge is 2.19. The number of methoxy groups -OCH3 is 1. The summed E-state index contributed by atoms with van der Waals surface area (Å²) in [6.07, 6.45) is 0. The molecular formula is C25H24N2O6. The molecule has 0 unspecified atom stereocenters. The summed E-state index contributed by atoms with van der Waals surface area (Å²) in [5, 5.41) is 22.6. The summed E-state index contributed by atoms with van der Waals surface area (Å²) < 4.78 is 10.6. The van der Waals surface area contributed by atoms with Gasteiger partial charge in [-0.05, 0) is 53.6 Å². The van der Waals surface area contributed by atoms with Gasteiger partial charge in [-0.3, -0.25) is 4.79 Å². The minimum Gasteiger partial charge on any atom is -0.507 e. The Morgan fingerprint density at radius 1 is 0.970 bits per heavy atom. The average Bonchev–Trinajstić information content (AvgIpc) is 2.84. The zero-order chi connectivity index (χ0) is 23.4. The molecule has 33 heavy (non-hydrogen) atoms. The number of amides is 1. The van der Waals surface area contributed by atoms with E-state index in [2.05, 4.69) is 10.2 Å². The molecule has 0 atom stereocenters. The molecule has 8 heteroatoms. The maximum Gasteiger partial charge on any atom is 0.337 e. The van der Waals surface area contributed by atoms with Crippen LogP contribution in [0.3, 0.4) is 0 Å². The van der Waals surface area contributed by atoms with E-state index in [-0.39, 0.29) is 22.6 Å². The number of hydrogen-bond acceptors (Lipinski definition) is 6. The van der Waals surface area contributed by atoms with Crippen LogP contribution in [0.2, 0.25) is 0 Å². The van der Waals surface area contributed by atoms with Crippen LogP contribution in [0.5, 0.6) is 11.5 Å². The van der Waals surface area contributed by atoms with Crippen LogP contribution >= 0.6 is 0 Å². The van der Waals surface area contributed by atoms with Crippen molar-refractivity contribution in [2.24, 2.45) is 0 Å². The normalized spacial score (nSPS) is 13.4. The number of aromatic carboxylic acids is 1. The quantitative estimate of drug-likeness (QED) is 0.526. The molecule has 1 aliphatic rings. The van der Waals surface area contributed by atoms with Gasteiger partial charge in [-0.25, -0.2) is 4.79 Å². The summed E-state index contributed by atoms with van der Waals surface area (Å²) >= 11 is 0. The number of carboxylic acid groups (broad SMARTS) is 1. The Morgan fingerprint density at radius 2 is 1.73 bits per heavy atom. The zero-order valence-corrected chi connectivity index (χ0v) is 18.1. The molecule has 0 radical (unpaired) electrons. The summed E-state index contributed by atoms with van der Waals surface area (Å²) in [5.41, 5.74) is 2.43. The van der Waals surface area contributed by atoms with Crippen molar-refractivity contribution in [2.45, 2.75) is 0 Å². The topological polar surface area (TPSA) is 108 Å². The summed E-state index contributed by atoms with van der Waals surface area (Å²) in [5.74, 6) is -1.31. The fourth-order valence-corrected chi connectivity index (χ4v) is 3.73. The third-order valence-corrected chi connectivity index (χ3v) is 5.50. The number of carbonyl (C=O) groups excluding carboxylic acids is 1. The Balaban J connectivity index is 1.66. The van der Waals surface area contributed by atoms with Gasteiger partial charge < -0.3 is 29.9 Å². The Morgan fingerprint density at radius 3 is 2.45 bits per heavy atom. The van der Waals surface area contributed by atoms with Crippen LogP contribution in [0.4, 0.5) is 11.4 Å². The molecule has 0 aromatic heterocycles. The highest BCUT2D eigenvalue weighted by molar-refractivity contribution is 6.10. The summed E-state index contributed by atoms with van der Waals surface area (Å²) in [6, 6.07) is 16.8. The Bertz CT molecular complexity index is 1190. The van der Waals surface area contributed by atoms with Crippen molar-refractivity contribution in [1.29, 1.82) is 0 Å². The summed E-state index contributed by atoms with van der Waals surface area (Å²) in [4.78, 5) is 26.9. The molecule has 1 aliphatic heterocycles. The molecule has 8 nitrogen and oxygen atoms in total. The van der Waals surface area contributed by atoms with Crippen LogP contribution in [-0.2, 0) is 4.74 Å². The van der Waals surface area contributed by atoms with Gasteiger partial charge in [0.1, 0.15) is 11.5 Å². The van der Waals surface area contributed by atoms with Gasteiger partial charge in [-0.15, -0.1) is 0 Å². The van der Waals surface area contributed by atoms with E-state index in [0.29, 0.717) is 37.6 Å². The predicted octanol–water partition coefficient (Wildman–Crippen LogP) is 3.85. The number of morpholine rings is 1. The smallest absolute Gasteiger partial charge is 0.337 e. The molecule has 0 saturated carbocycles. The van der Waals surface area contributed by atoms with Crippen LogP contribution in [0.25, 0.3) is 11.1 Å². The number of phenolic OH excluding ortho intramolecular Hbond substituents is 1. The summed E-state index contributed by atoms with van der Waals surface area (Å²) in [7, 11) is 1.57. The first kappa shape index (κ1) is 22.2. The SMILES string of the molecule is COc1cccc(-c2ccc(C(=O)O)c(NC(=O)c3cc(N4CCOCC4)ccc3O)c2)c1. The van der Waals surface area contributed by atoms with Crippen molar-refractivity contribution in [3.8, 4) is 22.6 Å². The second-order valence-corrected chi connectivity index (χ2v) is 7.55. The number of anilines is 2. The van der Waals surface area contributed by atoms with Crippen LogP contribution in [0, 0.1) is 0 Å². The standard InChI is InChI=1S/C25H24N2O6/c1-32-19-4-2-3-16(13-19)17-5-7-20(25(30)31)22(14-17)26-24(29)21-15-18(6-8-23(21)28)27-9-11-33-12-10-27/h2-8,13-15,28H,9-12H2,1H3,(H,26,29)(H,30,31). The van der Waals surface area contributed by atoms with E-state index < -0.39 is 11.9 Å². The van der Waals surface area contributed by atoms with E-state index >= 15 is 0 Å². The predicted molar refractivity (Wildman–Crippen MR) is 124 cm³/mol. The number of hydrogen-bond donors (Lipinski definition) is 3. The Hall–Kier alpha value is -4.04. The molecule has 4 rings (SSSR count). The van der Waals surface area contributed by atoms with Gasteiger partial charge >= 0.3 is 5.97 Å². The van der Waals surface area contributed by atoms with E-state index in [1.165, 1.54) is 12.1 Å². The molecule has 3 N–H and O–H groups in total. The maximum atomic E-state index is 13.1. The van der Waals surface area contributed by atoms with Crippen molar-refractivity contribution in [1.82, 2.24) is 0 Å². The minimum atomic E-state index is -1.17. The highest BCUT2D eigenvalue weighted by Crippen LogP contribution is 2.30. The average molecular weight is 448 g/mol. The van der Waals surface area contributed by atoms with Gasteiger partial charge in [0.05, 0.1) is 37.1 Å². The lowest BCUT2D eigenvalue weighted by Gasteiger charge is -2.29. The van der Waals surface area contributed by atoms with E-state index in [9.17, 15) is 19.8 Å². The maximum absolute atomic E-state index is 13.1. The van der Waals surface area contributed by atoms with Gasteiger partial charge in [0.15, 0.2) is 0 Å². The number of phenols is 1. The number of carbonyl (C=O) groups is 2. The Labute approximate surface area is 191 Å². The molecule has 170 valence electrons. The van der Waals surface area contributed by atoms with E-state index in [0.717, 1.165) is 11.3 Å². The number of nitrogens with one attached hydrogen (secondary N) is 1. The number of carboxylic acids is 1. The number of nitrogens with zero attached hydrogens (tertiary/aromatic N) is 1. The van der Waals surface area contributed by atoms with Crippen molar-refractivity contribution < 1.29 is 29.3 Å². The minimum absolute atomic E-state index is 0.0566. The molecule has 3 aromatic rings. The number of rotatable bonds is 6. The number of benzene rings is 3. The van der Waals surface area contributed by atoms with Crippen LogP contribution < -0.4 is 15.0 Å². The lowest BCUT2D eigenvalue weighted by Crippen LogP contribution is -2.36. The van der Waals surface area contributed by atoms with Crippen LogP contribution in [-0.4, -0.2) is 55.5 Å². The first-order valence-corrected chi connectivity index (χ1v) is 10.4. The van der Waals surface area contributed by atoms with Gasteiger partial charge in [-0.1, -0.05) is 18.2 Å².